The minimum absolute atomic E-state index is 0.0729. The first kappa shape index (κ1) is 15.6. The topological polar surface area (TPSA) is 49.3 Å². The van der Waals surface area contributed by atoms with Gasteiger partial charge < -0.3 is 10.4 Å². The number of nitrogens with one attached hydrogen (secondary N) is 1. The van der Waals surface area contributed by atoms with Gasteiger partial charge in [-0.25, -0.2) is 0 Å². The lowest BCUT2D eigenvalue weighted by atomic mass is 9.82. The second kappa shape index (κ2) is 7.85. The van der Waals surface area contributed by atoms with E-state index in [0.29, 0.717) is 6.42 Å². The highest BCUT2D eigenvalue weighted by molar-refractivity contribution is 5.92. The van der Waals surface area contributed by atoms with Crippen LogP contribution in [0.5, 0.6) is 0 Å². The smallest absolute Gasteiger partial charge is 0.227 e. The average molecular weight is 285 g/mol. The van der Waals surface area contributed by atoms with Gasteiger partial charge >= 0.3 is 0 Å². The van der Waals surface area contributed by atoms with Crippen LogP contribution in [-0.2, 0) is 4.79 Å². The second-order valence-electron chi connectivity index (χ2n) is 5.80. The van der Waals surface area contributed by atoms with E-state index in [-0.39, 0.29) is 18.4 Å². The third-order valence-electron chi connectivity index (χ3n) is 3.99. The second-order valence-corrected chi connectivity index (χ2v) is 5.80. The summed E-state index contributed by atoms with van der Waals surface area (Å²) in [5, 5.41) is 11.7. The van der Waals surface area contributed by atoms with Crippen LogP contribution in [0.1, 0.15) is 44.6 Å². The van der Waals surface area contributed by atoms with E-state index in [2.05, 4.69) is 24.1 Å². The first-order valence-electron chi connectivity index (χ1n) is 7.69. The van der Waals surface area contributed by atoms with Crippen molar-refractivity contribution in [3.63, 3.8) is 0 Å². The Bertz CT molecular complexity index is 534. The van der Waals surface area contributed by atoms with Crippen molar-refractivity contribution in [2.75, 3.05) is 11.9 Å². The van der Waals surface area contributed by atoms with Crippen molar-refractivity contribution in [3.8, 4) is 11.8 Å². The SMILES string of the molecule is CC1CCC(C(=O)Nc2cccc(C#CCCO)c2)CC1. The largest absolute Gasteiger partial charge is 0.395 e. The van der Waals surface area contributed by atoms with Gasteiger partial charge in [0.1, 0.15) is 0 Å². The van der Waals surface area contributed by atoms with E-state index in [1.807, 2.05) is 24.3 Å². The molecule has 1 aromatic carbocycles. The summed E-state index contributed by atoms with van der Waals surface area (Å²) in [5.74, 6) is 6.89. The molecular weight excluding hydrogens is 262 g/mol. The number of carbonyl (C=O) groups is 1. The van der Waals surface area contributed by atoms with Crippen LogP contribution in [-0.4, -0.2) is 17.6 Å². The summed E-state index contributed by atoms with van der Waals surface area (Å²) in [6.45, 7) is 2.33. The summed E-state index contributed by atoms with van der Waals surface area (Å²) < 4.78 is 0. The van der Waals surface area contributed by atoms with Gasteiger partial charge in [0.25, 0.3) is 0 Å². The molecule has 0 aliphatic heterocycles. The molecule has 2 rings (SSSR count). The lowest BCUT2D eigenvalue weighted by molar-refractivity contribution is -0.121. The molecule has 2 N–H and O–H groups in total. The molecule has 1 aliphatic rings. The summed E-state index contributed by atoms with van der Waals surface area (Å²) in [5.41, 5.74) is 1.66. The maximum absolute atomic E-state index is 12.3. The number of hydrogen-bond acceptors (Lipinski definition) is 2. The molecule has 1 amide bonds. The van der Waals surface area contributed by atoms with E-state index in [1.54, 1.807) is 0 Å². The lowest BCUT2D eigenvalue weighted by Crippen LogP contribution is -2.26. The molecule has 1 aliphatic carbocycles. The van der Waals surface area contributed by atoms with Crippen molar-refractivity contribution in [2.24, 2.45) is 11.8 Å². The number of aliphatic hydroxyl groups is 1. The van der Waals surface area contributed by atoms with E-state index in [1.165, 1.54) is 0 Å². The van der Waals surface area contributed by atoms with Gasteiger partial charge in [-0.15, -0.1) is 0 Å². The molecule has 1 saturated carbocycles. The monoisotopic (exact) mass is 285 g/mol. The summed E-state index contributed by atoms with van der Waals surface area (Å²) in [7, 11) is 0. The minimum Gasteiger partial charge on any atom is -0.395 e. The number of benzene rings is 1. The first-order valence-corrected chi connectivity index (χ1v) is 7.69. The van der Waals surface area contributed by atoms with Crippen LogP contribution >= 0.6 is 0 Å². The maximum atomic E-state index is 12.3. The average Bonchev–Trinajstić information content (AvgIpc) is 2.48. The lowest BCUT2D eigenvalue weighted by Gasteiger charge is -2.25. The van der Waals surface area contributed by atoms with Crippen LogP contribution in [0.3, 0.4) is 0 Å². The van der Waals surface area contributed by atoms with E-state index < -0.39 is 0 Å². The third kappa shape index (κ3) is 4.91. The molecule has 0 atom stereocenters. The molecule has 0 radical (unpaired) electrons. The molecule has 1 aromatic rings. The van der Waals surface area contributed by atoms with Crippen LogP contribution in [0.15, 0.2) is 24.3 Å². The number of amides is 1. The maximum Gasteiger partial charge on any atom is 0.227 e. The highest BCUT2D eigenvalue weighted by Crippen LogP contribution is 2.29. The van der Waals surface area contributed by atoms with E-state index in [9.17, 15) is 4.79 Å². The molecule has 0 aromatic heterocycles. The van der Waals surface area contributed by atoms with Gasteiger partial charge in [-0.05, 0) is 49.8 Å². The summed E-state index contributed by atoms with van der Waals surface area (Å²) >= 11 is 0. The summed E-state index contributed by atoms with van der Waals surface area (Å²) in [4.78, 5) is 12.3. The van der Waals surface area contributed by atoms with Gasteiger partial charge in [-0.1, -0.05) is 24.8 Å². The van der Waals surface area contributed by atoms with E-state index in [0.717, 1.165) is 42.9 Å². The summed E-state index contributed by atoms with van der Waals surface area (Å²) in [6.07, 6.45) is 4.73. The van der Waals surface area contributed by atoms with E-state index >= 15 is 0 Å². The van der Waals surface area contributed by atoms with Crippen molar-refractivity contribution in [3.05, 3.63) is 29.8 Å². The molecule has 0 saturated heterocycles. The zero-order valence-electron chi connectivity index (χ0n) is 12.6. The van der Waals surface area contributed by atoms with Gasteiger partial charge in [0, 0.05) is 23.6 Å². The van der Waals surface area contributed by atoms with Gasteiger partial charge in [0.05, 0.1) is 6.61 Å². The Labute approximate surface area is 126 Å². The fourth-order valence-electron chi connectivity index (χ4n) is 2.66. The van der Waals surface area contributed by atoms with Crippen molar-refractivity contribution in [2.45, 2.75) is 39.0 Å². The summed E-state index contributed by atoms with van der Waals surface area (Å²) in [6, 6.07) is 7.57. The number of aliphatic hydroxyl groups excluding tert-OH is 1. The molecule has 0 unspecified atom stereocenters. The molecule has 21 heavy (non-hydrogen) atoms. The highest BCUT2D eigenvalue weighted by Gasteiger charge is 2.24. The number of anilines is 1. The molecule has 3 nitrogen and oxygen atoms in total. The Balaban J connectivity index is 1.95. The Kier molecular flexibility index (Phi) is 5.83. The van der Waals surface area contributed by atoms with E-state index in [4.69, 9.17) is 5.11 Å². The predicted molar refractivity (Wildman–Crippen MR) is 84.8 cm³/mol. The molecule has 0 heterocycles. The van der Waals surface area contributed by atoms with Gasteiger partial charge in [0.2, 0.25) is 5.91 Å². The zero-order chi connectivity index (χ0) is 15.1. The Hall–Kier alpha value is -1.79. The van der Waals surface area contributed by atoms with Crippen molar-refractivity contribution in [1.82, 2.24) is 0 Å². The molecule has 1 fully saturated rings. The molecule has 112 valence electrons. The Morgan fingerprint density at radius 2 is 2.10 bits per heavy atom. The van der Waals surface area contributed by atoms with Crippen molar-refractivity contribution in [1.29, 1.82) is 0 Å². The minimum atomic E-state index is 0.0729. The van der Waals surface area contributed by atoms with Crippen molar-refractivity contribution < 1.29 is 9.90 Å². The fraction of sp³-hybridized carbons (Fsp3) is 0.500. The van der Waals surface area contributed by atoms with Crippen LogP contribution in [0, 0.1) is 23.7 Å². The number of hydrogen-bond donors (Lipinski definition) is 2. The zero-order valence-corrected chi connectivity index (χ0v) is 12.6. The molecule has 0 bridgehead atoms. The van der Waals surface area contributed by atoms with Gasteiger partial charge in [0.15, 0.2) is 0 Å². The standard InChI is InChI=1S/C18H23NO2/c1-14-8-10-16(11-9-14)18(21)19-17-7-4-6-15(13-17)5-2-3-12-20/h4,6-7,13-14,16,20H,3,8-12H2,1H3,(H,19,21). The Morgan fingerprint density at radius 3 is 2.81 bits per heavy atom. The van der Waals surface area contributed by atoms with Gasteiger partial charge in [-0.2, -0.15) is 0 Å². The Morgan fingerprint density at radius 1 is 1.33 bits per heavy atom. The molecular formula is C18H23NO2. The quantitative estimate of drug-likeness (QED) is 0.838. The van der Waals surface area contributed by atoms with Crippen LogP contribution in [0.2, 0.25) is 0 Å². The third-order valence-corrected chi connectivity index (χ3v) is 3.99. The molecule has 3 heteroatoms. The van der Waals surface area contributed by atoms with Crippen LogP contribution in [0.4, 0.5) is 5.69 Å². The van der Waals surface area contributed by atoms with Crippen molar-refractivity contribution >= 4 is 11.6 Å². The highest BCUT2D eigenvalue weighted by atomic mass is 16.2. The predicted octanol–water partition coefficient (Wildman–Crippen LogP) is 3.19. The molecule has 0 spiro atoms. The van der Waals surface area contributed by atoms with Gasteiger partial charge in [-0.3, -0.25) is 4.79 Å². The fourth-order valence-corrected chi connectivity index (χ4v) is 2.66. The number of rotatable bonds is 3. The first-order chi connectivity index (χ1) is 10.2. The van der Waals surface area contributed by atoms with Crippen LogP contribution < -0.4 is 5.32 Å². The van der Waals surface area contributed by atoms with Crippen LogP contribution in [0.25, 0.3) is 0 Å². The number of carbonyl (C=O) groups excluding carboxylic acids is 1. The normalized spacial score (nSPS) is 21.2.